The second-order valence-corrected chi connectivity index (χ2v) is 9.57. The van der Waals surface area contributed by atoms with Crippen LogP contribution < -0.4 is 5.32 Å². The monoisotopic (exact) mass is 464 g/mol. The Kier molecular flexibility index (Phi) is 8.08. The third-order valence-electron chi connectivity index (χ3n) is 5.68. The Morgan fingerprint density at radius 3 is 2.59 bits per heavy atom. The third kappa shape index (κ3) is 6.19. The molecule has 32 heavy (non-hydrogen) atoms. The summed E-state index contributed by atoms with van der Waals surface area (Å²) in [4.78, 5) is 51.0. The number of carbonyl (C=O) groups is 3. The van der Waals surface area contributed by atoms with Gasteiger partial charge in [0.25, 0.3) is 5.69 Å². The number of nitrogens with one attached hydrogen (secondary N) is 1. The van der Waals surface area contributed by atoms with Gasteiger partial charge in [-0.15, -0.1) is 0 Å². The van der Waals surface area contributed by atoms with Crippen molar-refractivity contribution in [2.75, 3.05) is 26.2 Å². The first-order valence-corrected chi connectivity index (χ1v) is 11.5. The van der Waals surface area contributed by atoms with Gasteiger partial charge in [-0.05, 0) is 31.0 Å². The maximum absolute atomic E-state index is 12.9. The minimum Gasteiger partial charge on any atom is -0.445 e. The Bertz CT molecular complexity index is 864. The Morgan fingerprint density at radius 1 is 1.25 bits per heavy atom. The number of benzene rings is 1. The van der Waals surface area contributed by atoms with E-state index in [9.17, 15) is 24.5 Å². The molecule has 174 valence electrons. The lowest BCUT2D eigenvalue weighted by Crippen LogP contribution is -2.53. The van der Waals surface area contributed by atoms with Gasteiger partial charge in [-0.25, -0.2) is 4.79 Å². The van der Waals surface area contributed by atoms with Crippen LogP contribution in [0.4, 0.5) is 10.5 Å². The lowest BCUT2D eigenvalue weighted by Gasteiger charge is -2.35. The SMILES string of the molecule is CC(=O)S[C@H]1C[C@@H](CC(=O)N2CCNCC2C)N(C(=O)OCc2ccc([N+](=O)[O-])cc2)C1. The van der Waals surface area contributed by atoms with Crippen LogP contribution in [0.5, 0.6) is 0 Å². The van der Waals surface area contributed by atoms with E-state index < -0.39 is 11.0 Å². The number of nitro groups is 1. The molecule has 2 aliphatic rings. The zero-order valence-corrected chi connectivity index (χ0v) is 19.0. The predicted molar refractivity (Wildman–Crippen MR) is 119 cm³/mol. The van der Waals surface area contributed by atoms with Gasteiger partial charge in [-0.3, -0.25) is 19.7 Å². The molecule has 0 radical (unpaired) electrons. The average molecular weight is 465 g/mol. The maximum atomic E-state index is 12.9. The molecule has 2 saturated heterocycles. The normalized spacial score (nSPS) is 23.1. The smallest absolute Gasteiger partial charge is 0.410 e. The van der Waals surface area contributed by atoms with Crippen LogP contribution in [0.15, 0.2) is 24.3 Å². The third-order valence-corrected chi connectivity index (χ3v) is 6.69. The highest BCUT2D eigenvalue weighted by molar-refractivity contribution is 8.14. The Balaban J connectivity index is 1.63. The van der Waals surface area contributed by atoms with Crippen molar-refractivity contribution in [1.82, 2.24) is 15.1 Å². The number of non-ortho nitro benzene ring substituents is 1. The van der Waals surface area contributed by atoms with Crippen LogP contribution in [0.25, 0.3) is 0 Å². The van der Waals surface area contributed by atoms with Crippen molar-refractivity contribution in [3.8, 4) is 0 Å². The highest BCUT2D eigenvalue weighted by Gasteiger charge is 2.39. The van der Waals surface area contributed by atoms with Crippen molar-refractivity contribution >= 4 is 34.6 Å². The summed E-state index contributed by atoms with van der Waals surface area (Å²) in [5.41, 5.74) is 0.588. The summed E-state index contributed by atoms with van der Waals surface area (Å²) in [5, 5.41) is 13.9. The van der Waals surface area contributed by atoms with Gasteiger partial charge < -0.3 is 19.9 Å². The number of piperazine rings is 1. The summed E-state index contributed by atoms with van der Waals surface area (Å²) in [5.74, 6) is -0.00866. The van der Waals surface area contributed by atoms with Crippen LogP contribution >= 0.6 is 11.8 Å². The number of ether oxygens (including phenoxy) is 1. The molecule has 2 amide bonds. The van der Waals surface area contributed by atoms with Crippen molar-refractivity contribution in [3.63, 3.8) is 0 Å². The molecule has 1 unspecified atom stereocenters. The number of rotatable bonds is 6. The molecule has 2 heterocycles. The Hall–Kier alpha value is -2.66. The van der Waals surface area contributed by atoms with Gasteiger partial charge in [-0.2, -0.15) is 0 Å². The number of hydrogen-bond donors (Lipinski definition) is 1. The van der Waals surface area contributed by atoms with Crippen molar-refractivity contribution in [1.29, 1.82) is 0 Å². The molecule has 1 aromatic carbocycles. The lowest BCUT2D eigenvalue weighted by atomic mass is 10.1. The van der Waals surface area contributed by atoms with Crippen LogP contribution in [0.1, 0.15) is 32.3 Å². The predicted octanol–water partition coefficient (Wildman–Crippen LogP) is 2.16. The summed E-state index contributed by atoms with van der Waals surface area (Å²) in [6, 6.07) is 5.53. The summed E-state index contributed by atoms with van der Waals surface area (Å²) >= 11 is 1.18. The quantitative estimate of drug-likeness (QED) is 0.502. The zero-order valence-electron chi connectivity index (χ0n) is 18.2. The molecule has 1 aromatic rings. The molecule has 0 aliphatic carbocycles. The summed E-state index contributed by atoms with van der Waals surface area (Å²) in [7, 11) is 0. The molecule has 0 aromatic heterocycles. The molecule has 11 heteroatoms. The zero-order chi connectivity index (χ0) is 23.3. The average Bonchev–Trinajstić information content (AvgIpc) is 3.13. The van der Waals surface area contributed by atoms with E-state index in [-0.39, 0.29) is 47.1 Å². The van der Waals surface area contributed by atoms with Gasteiger partial charge in [0.05, 0.1) is 4.92 Å². The van der Waals surface area contributed by atoms with Crippen molar-refractivity contribution in [3.05, 3.63) is 39.9 Å². The van der Waals surface area contributed by atoms with Crippen molar-refractivity contribution in [2.45, 2.75) is 50.6 Å². The van der Waals surface area contributed by atoms with Crippen LogP contribution in [-0.2, 0) is 20.9 Å². The molecular formula is C21H28N4O6S. The van der Waals surface area contributed by atoms with E-state index >= 15 is 0 Å². The summed E-state index contributed by atoms with van der Waals surface area (Å²) in [6.45, 7) is 5.88. The fourth-order valence-electron chi connectivity index (χ4n) is 4.08. The number of likely N-dealkylation sites (tertiary alicyclic amines) is 1. The lowest BCUT2D eigenvalue weighted by molar-refractivity contribution is -0.384. The van der Waals surface area contributed by atoms with Gasteiger partial charge in [0.1, 0.15) is 6.61 Å². The Morgan fingerprint density at radius 2 is 1.97 bits per heavy atom. The molecule has 2 aliphatic heterocycles. The minimum absolute atomic E-state index is 0.00866. The number of nitrogens with zero attached hydrogens (tertiary/aromatic N) is 3. The minimum atomic E-state index is -0.554. The van der Waals surface area contributed by atoms with Gasteiger partial charge in [0.2, 0.25) is 5.91 Å². The van der Waals surface area contributed by atoms with E-state index in [2.05, 4.69) is 5.32 Å². The first kappa shape index (κ1) is 24.0. The van der Waals surface area contributed by atoms with E-state index in [1.54, 1.807) is 0 Å². The highest BCUT2D eigenvalue weighted by Crippen LogP contribution is 2.31. The largest absolute Gasteiger partial charge is 0.445 e. The number of amides is 2. The van der Waals surface area contributed by atoms with E-state index in [4.69, 9.17) is 4.74 Å². The second kappa shape index (κ2) is 10.8. The Labute approximate surface area is 190 Å². The molecule has 0 spiro atoms. The van der Waals surface area contributed by atoms with Crippen LogP contribution in [0.2, 0.25) is 0 Å². The van der Waals surface area contributed by atoms with E-state index in [1.165, 1.54) is 47.9 Å². The van der Waals surface area contributed by atoms with Crippen LogP contribution in [0.3, 0.4) is 0 Å². The number of thioether (sulfide) groups is 1. The molecule has 0 bridgehead atoms. The van der Waals surface area contributed by atoms with Crippen molar-refractivity contribution < 1.29 is 24.0 Å². The number of nitro benzene ring substituents is 1. The maximum Gasteiger partial charge on any atom is 0.410 e. The summed E-state index contributed by atoms with van der Waals surface area (Å²) in [6.07, 6.45) is 0.177. The molecular weight excluding hydrogens is 436 g/mol. The molecule has 1 N–H and O–H groups in total. The van der Waals surface area contributed by atoms with Crippen LogP contribution in [0, 0.1) is 10.1 Å². The summed E-state index contributed by atoms with van der Waals surface area (Å²) < 4.78 is 5.43. The van der Waals surface area contributed by atoms with Gasteiger partial charge in [0.15, 0.2) is 5.12 Å². The molecule has 0 saturated carbocycles. The van der Waals surface area contributed by atoms with Crippen LogP contribution in [-0.4, -0.2) is 75.4 Å². The molecule has 3 rings (SSSR count). The fraction of sp³-hybridized carbons (Fsp3) is 0.571. The number of hydrogen-bond acceptors (Lipinski definition) is 8. The number of carbonyl (C=O) groups excluding carboxylic acids is 3. The van der Waals surface area contributed by atoms with E-state index in [1.807, 2.05) is 11.8 Å². The molecule has 3 atom stereocenters. The first-order valence-electron chi connectivity index (χ1n) is 10.6. The fourth-order valence-corrected chi connectivity index (χ4v) is 5.11. The van der Waals surface area contributed by atoms with E-state index in [0.717, 1.165) is 13.1 Å². The van der Waals surface area contributed by atoms with Gasteiger partial charge >= 0.3 is 6.09 Å². The van der Waals surface area contributed by atoms with E-state index in [0.29, 0.717) is 25.1 Å². The van der Waals surface area contributed by atoms with Gasteiger partial charge in [0, 0.05) is 69.0 Å². The highest BCUT2D eigenvalue weighted by atomic mass is 32.2. The van der Waals surface area contributed by atoms with Crippen molar-refractivity contribution in [2.24, 2.45) is 0 Å². The standard InChI is InChI=1S/C21H28N4O6S/c1-14-11-22-7-8-23(14)20(27)10-18-9-19(32-15(2)26)12-24(18)21(28)31-13-16-3-5-17(6-4-16)25(29)30/h3-6,14,18-19,22H,7-13H2,1-2H3/t14?,18-,19-/m0/s1. The van der Waals surface area contributed by atoms with Gasteiger partial charge in [-0.1, -0.05) is 11.8 Å². The first-order chi connectivity index (χ1) is 15.2. The topological polar surface area (TPSA) is 122 Å². The molecule has 2 fully saturated rings. The molecule has 10 nitrogen and oxygen atoms in total. The second-order valence-electron chi connectivity index (χ2n) is 8.10.